The molecular weight excluding hydrogens is 400 g/mol. The van der Waals surface area contributed by atoms with Gasteiger partial charge < -0.3 is 9.64 Å². The maximum Gasteiger partial charge on any atom is 0.243 e. The number of hydrogen-bond donors (Lipinski definition) is 0. The van der Waals surface area contributed by atoms with Crippen molar-refractivity contribution in [3.8, 4) is 17.0 Å². The van der Waals surface area contributed by atoms with Gasteiger partial charge in [0.15, 0.2) is 5.82 Å². The Bertz CT molecular complexity index is 1110. The third-order valence-corrected chi connectivity index (χ3v) is 7.17. The van der Waals surface area contributed by atoms with Crippen LogP contribution in [0.3, 0.4) is 0 Å². The minimum atomic E-state index is -3.48. The SMILES string of the molecule is COc1ccccc1-c1ccc(N2CCN(S(=O)(=O)c3ccc(C)cc3)CC2)nn1. The van der Waals surface area contributed by atoms with Gasteiger partial charge in [0.05, 0.1) is 17.7 Å². The summed E-state index contributed by atoms with van der Waals surface area (Å²) in [5.41, 5.74) is 2.65. The van der Waals surface area contributed by atoms with E-state index in [1.165, 1.54) is 4.31 Å². The molecular formula is C22H24N4O3S. The van der Waals surface area contributed by atoms with E-state index in [1.54, 1.807) is 19.2 Å². The molecule has 3 aromatic rings. The van der Waals surface area contributed by atoms with Crippen LogP contribution in [-0.4, -0.2) is 56.2 Å². The summed E-state index contributed by atoms with van der Waals surface area (Å²) in [7, 11) is -1.85. The predicted molar refractivity (Wildman–Crippen MR) is 116 cm³/mol. The molecule has 0 atom stereocenters. The fourth-order valence-corrected chi connectivity index (χ4v) is 4.93. The highest BCUT2D eigenvalue weighted by atomic mass is 32.2. The Kier molecular flexibility index (Phi) is 5.69. The maximum atomic E-state index is 12.9. The van der Waals surface area contributed by atoms with Crippen molar-refractivity contribution in [2.45, 2.75) is 11.8 Å². The number of benzene rings is 2. The average molecular weight is 425 g/mol. The Morgan fingerprint density at radius 2 is 1.57 bits per heavy atom. The zero-order valence-corrected chi connectivity index (χ0v) is 17.8. The molecule has 0 radical (unpaired) electrons. The van der Waals surface area contributed by atoms with Gasteiger partial charge in [0.25, 0.3) is 0 Å². The van der Waals surface area contributed by atoms with Gasteiger partial charge in [-0.15, -0.1) is 10.2 Å². The Morgan fingerprint density at radius 1 is 0.867 bits per heavy atom. The first-order chi connectivity index (χ1) is 14.5. The van der Waals surface area contributed by atoms with Gasteiger partial charge in [-0.25, -0.2) is 8.42 Å². The predicted octanol–water partition coefficient (Wildman–Crippen LogP) is 2.97. The third-order valence-electron chi connectivity index (χ3n) is 5.25. The molecule has 1 saturated heterocycles. The summed E-state index contributed by atoms with van der Waals surface area (Å²) >= 11 is 0. The van der Waals surface area contributed by atoms with E-state index in [9.17, 15) is 8.42 Å². The van der Waals surface area contributed by atoms with Crippen molar-refractivity contribution < 1.29 is 13.2 Å². The molecule has 7 nitrogen and oxygen atoms in total. The highest BCUT2D eigenvalue weighted by molar-refractivity contribution is 7.89. The summed E-state index contributed by atoms with van der Waals surface area (Å²) < 4.78 is 32.7. The van der Waals surface area contributed by atoms with Crippen molar-refractivity contribution in [1.82, 2.24) is 14.5 Å². The molecule has 2 heterocycles. The number of anilines is 1. The lowest BCUT2D eigenvalue weighted by atomic mass is 10.1. The number of aryl methyl sites for hydroxylation is 1. The molecule has 0 spiro atoms. The average Bonchev–Trinajstić information content (AvgIpc) is 2.79. The quantitative estimate of drug-likeness (QED) is 0.627. The molecule has 30 heavy (non-hydrogen) atoms. The lowest BCUT2D eigenvalue weighted by Gasteiger charge is -2.34. The largest absolute Gasteiger partial charge is 0.496 e. The summed E-state index contributed by atoms with van der Waals surface area (Å²) in [6.07, 6.45) is 0. The number of piperazine rings is 1. The molecule has 0 bridgehead atoms. The summed E-state index contributed by atoms with van der Waals surface area (Å²) in [6.45, 7) is 3.88. The van der Waals surface area contributed by atoms with E-state index in [0.29, 0.717) is 31.1 Å². The van der Waals surface area contributed by atoms with Crippen molar-refractivity contribution in [3.63, 3.8) is 0 Å². The number of hydrogen-bond acceptors (Lipinski definition) is 6. The van der Waals surface area contributed by atoms with Gasteiger partial charge in [0.1, 0.15) is 5.75 Å². The first-order valence-corrected chi connectivity index (χ1v) is 11.2. The van der Waals surface area contributed by atoms with Crippen LogP contribution >= 0.6 is 0 Å². The number of aromatic nitrogens is 2. The molecule has 1 aliphatic rings. The standard InChI is InChI=1S/C22H24N4O3S/c1-17-7-9-18(10-8-17)30(27,28)26-15-13-25(14-16-26)22-12-11-20(23-24-22)19-5-3-4-6-21(19)29-2/h3-12H,13-16H2,1-2H3. The van der Waals surface area contributed by atoms with Crippen LogP contribution in [0.1, 0.15) is 5.56 Å². The van der Waals surface area contributed by atoms with E-state index in [4.69, 9.17) is 4.74 Å². The van der Waals surface area contributed by atoms with Crippen molar-refractivity contribution >= 4 is 15.8 Å². The highest BCUT2D eigenvalue weighted by Crippen LogP contribution is 2.28. The zero-order chi connectivity index (χ0) is 21.1. The monoisotopic (exact) mass is 424 g/mol. The van der Waals surface area contributed by atoms with Gasteiger partial charge in [-0.2, -0.15) is 4.31 Å². The van der Waals surface area contributed by atoms with Gasteiger partial charge in [0.2, 0.25) is 10.0 Å². The molecule has 0 amide bonds. The molecule has 1 aromatic heterocycles. The van der Waals surface area contributed by atoms with Crippen LogP contribution in [-0.2, 0) is 10.0 Å². The molecule has 1 fully saturated rings. The molecule has 0 aliphatic carbocycles. The fraction of sp³-hybridized carbons (Fsp3) is 0.273. The minimum Gasteiger partial charge on any atom is -0.496 e. The van der Waals surface area contributed by atoms with E-state index in [2.05, 4.69) is 15.1 Å². The second kappa shape index (κ2) is 8.41. The van der Waals surface area contributed by atoms with Crippen LogP contribution in [0.5, 0.6) is 5.75 Å². The lowest BCUT2D eigenvalue weighted by molar-refractivity contribution is 0.383. The number of sulfonamides is 1. The normalized spacial score (nSPS) is 15.2. The molecule has 0 unspecified atom stereocenters. The Balaban J connectivity index is 1.45. The molecule has 1 aliphatic heterocycles. The van der Waals surface area contributed by atoms with Crippen molar-refractivity contribution in [2.24, 2.45) is 0 Å². The molecule has 8 heteroatoms. The third kappa shape index (κ3) is 4.01. The van der Waals surface area contributed by atoms with Crippen molar-refractivity contribution in [1.29, 1.82) is 0 Å². The van der Waals surface area contributed by atoms with Gasteiger partial charge in [-0.05, 0) is 43.3 Å². The van der Waals surface area contributed by atoms with E-state index in [0.717, 1.165) is 28.4 Å². The number of para-hydroxylation sites is 1. The molecule has 156 valence electrons. The molecule has 4 rings (SSSR count). The van der Waals surface area contributed by atoms with Crippen LogP contribution in [0.15, 0.2) is 65.6 Å². The van der Waals surface area contributed by atoms with Crippen LogP contribution in [0.25, 0.3) is 11.3 Å². The van der Waals surface area contributed by atoms with Crippen molar-refractivity contribution in [3.05, 3.63) is 66.2 Å². The van der Waals surface area contributed by atoms with Gasteiger partial charge in [-0.3, -0.25) is 0 Å². The number of rotatable bonds is 5. The summed E-state index contributed by atoms with van der Waals surface area (Å²) in [5.74, 6) is 1.48. The maximum absolute atomic E-state index is 12.9. The van der Waals surface area contributed by atoms with Crippen LogP contribution in [0.2, 0.25) is 0 Å². The van der Waals surface area contributed by atoms with E-state index in [1.807, 2.05) is 55.5 Å². The first kappa shape index (κ1) is 20.3. The number of nitrogens with zero attached hydrogens (tertiary/aromatic N) is 4. The second-order valence-electron chi connectivity index (χ2n) is 7.18. The molecule has 0 saturated carbocycles. The van der Waals surface area contributed by atoms with E-state index in [-0.39, 0.29) is 0 Å². The highest BCUT2D eigenvalue weighted by Gasteiger charge is 2.29. The molecule has 0 N–H and O–H groups in total. The van der Waals surface area contributed by atoms with E-state index < -0.39 is 10.0 Å². The van der Waals surface area contributed by atoms with Gasteiger partial charge in [-0.1, -0.05) is 29.8 Å². The van der Waals surface area contributed by atoms with Crippen molar-refractivity contribution in [2.75, 3.05) is 38.2 Å². The smallest absolute Gasteiger partial charge is 0.243 e. The van der Waals surface area contributed by atoms with Crippen LogP contribution in [0.4, 0.5) is 5.82 Å². The van der Waals surface area contributed by atoms with Gasteiger partial charge in [0, 0.05) is 31.7 Å². The number of methoxy groups -OCH3 is 1. The second-order valence-corrected chi connectivity index (χ2v) is 9.12. The Morgan fingerprint density at radius 3 is 2.20 bits per heavy atom. The fourth-order valence-electron chi connectivity index (χ4n) is 3.51. The zero-order valence-electron chi connectivity index (χ0n) is 17.0. The lowest BCUT2D eigenvalue weighted by Crippen LogP contribution is -2.49. The van der Waals surface area contributed by atoms with E-state index >= 15 is 0 Å². The molecule has 2 aromatic carbocycles. The Labute approximate surface area is 177 Å². The first-order valence-electron chi connectivity index (χ1n) is 9.78. The Hall–Kier alpha value is -2.97. The van der Waals surface area contributed by atoms with Crippen LogP contribution in [0, 0.1) is 6.92 Å². The summed E-state index contributed by atoms with van der Waals surface area (Å²) in [5, 5.41) is 8.71. The number of ether oxygens (including phenoxy) is 1. The van der Waals surface area contributed by atoms with Crippen LogP contribution < -0.4 is 9.64 Å². The topological polar surface area (TPSA) is 75.6 Å². The van der Waals surface area contributed by atoms with Gasteiger partial charge >= 0.3 is 0 Å². The minimum absolute atomic E-state index is 0.336. The summed E-state index contributed by atoms with van der Waals surface area (Å²) in [4.78, 5) is 2.39. The summed E-state index contributed by atoms with van der Waals surface area (Å²) in [6, 6.07) is 18.5.